The molecule has 0 saturated heterocycles. The Morgan fingerprint density at radius 1 is 1.24 bits per heavy atom. The normalized spacial score (nSPS) is 18.5. The number of carbonyl (C=O) groups is 2. The zero-order valence-corrected chi connectivity index (χ0v) is 14.6. The lowest BCUT2D eigenvalue weighted by Gasteiger charge is -2.21. The molecule has 2 unspecified atom stereocenters. The van der Waals surface area contributed by atoms with Gasteiger partial charge in [0.2, 0.25) is 11.8 Å². The molecule has 1 aromatic carbocycles. The zero-order chi connectivity index (χ0) is 17.8. The number of anilines is 1. The average Bonchev–Trinajstić information content (AvgIpc) is 3.42. The minimum atomic E-state index is -0.219. The molecule has 3 rings (SSSR count). The summed E-state index contributed by atoms with van der Waals surface area (Å²) in [5.74, 6) is -0.450. The summed E-state index contributed by atoms with van der Waals surface area (Å²) < 4.78 is 0. The van der Waals surface area contributed by atoms with E-state index in [9.17, 15) is 9.59 Å². The molecular formula is C20H23N3O2. The van der Waals surface area contributed by atoms with Gasteiger partial charge in [-0.05, 0) is 49.6 Å². The number of nitrogens with one attached hydrogen (secondary N) is 1. The third-order valence-electron chi connectivity index (χ3n) is 4.53. The Labute approximate surface area is 148 Å². The molecule has 0 aliphatic heterocycles. The highest BCUT2D eigenvalue weighted by Gasteiger charge is 2.49. The van der Waals surface area contributed by atoms with Gasteiger partial charge in [0, 0.05) is 31.2 Å². The van der Waals surface area contributed by atoms with Gasteiger partial charge in [-0.2, -0.15) is 0 Å². The second kappa shape index (κ2) is 7.47. The highest BCUT2D eigenvalue weighted by Crippen LogP contribution is 2.41. The van der Waals surface area contributed by atoms with E-state index in [1.165, 1.54) is 0 Å². The van der Waals surface area contributed by atoms with Crippen molar-refractivity contribution in [3.8, 4) is 0 Å². The number of aryl methyl sites for hydroxylation is 1. The molecule has 1 saturated carbocycles. The first kappa shape index (κ1) is 17.1. The van der Waals surface area contributed by atoms with E-state index in [1.807, 2.05) is 50.2 Å². The molecule has 2 amide bonds. The summed E-state index contributed by atoms with van der Waals surface area (Å²) in [7, 11) is 0. The maximum absolute atomic E-state index is 12.8. The number of carbonyl (C=O) groups excluding carboxylic acids is 2. The maximum atomic E-state index is 12.8. The van der Waals surface area contributed by atoms with Gasteiger partial charge in [-0.1, -0.05) is 18.2 Å². The van der Waals surface area contributed by atoms with E-state index in [0.717, 1.165) is 16.8 Å². The van der Waals surface area contributed by atoms with Crippen molar-refractivity contribution in [2.24, 2.45) is 11.8 Å². The Hall–Kier alpha value is -2.69. The molecule has 1 fully saturated rings. The monoisotopic (exact) mass is 337 g/mol. The molecule has 0 bridgehead atoms. The molecule has 5 heteroatoms. The van der Waals surface area contributed by atoms with Crippen molar-refractivity contribution in [1.82, 2.24) is 10.3 Å². The van der Waals surface area contributed by atoms with Crippen molar-refractivity contribution in [2.75, 3.05) is 11.4 Å². The van der Waals surface area contributed by atoms with Crippen LogP contribution in [-0.2, 0) is 16.1 Å². The Kier molecular flexibility index (Phi) is 5.12. The lowest BCUT2D eigenvalue weighted by Crippen LogP contribution is -2.34. The number of aromatic nitrogens is 1. The van der Waals surface area contributed by atoms with Crippen LogP contribution >= 0.6 is 0 Å². The Morgan fingerprint density at radius 3 is 2.76 bits per heavy atom. The Bertz CT molecular complexity index is 761. The molecular weight excluding hydrogens is 314 g/mol. The van der Waals surface area contributed by atoms with Crippen LogP contribution in [0.25, 0.3) is 0 Å². The van der Waals surface area contributed by atoms with Crippen molar-refractivity contribution >= 4 is 17.5 Å². The van der Waals surface area contributed by atoms with Crippen LogP contribution in [0.5, 0.6) is 0 Å². The van der Waals surface area contributed by atoms with Crippen molar-refractivity contribution in [3.05, 3.63) is 59.9 Å². The van der Waals surface area contributed by atoms with Gasteiger partial charge in [0.05, 0.1) is 11.8 Å². The number of amides is 2. The standard InChI is InChI=1S/C20H23N3O2/c1-3-23(16-8-4-6-14(2)10-16)20(25)18-11-17(18)19(24)22-13-15-7-5-9-21-12-15/h4-10,12,17-18H,3,11,13H2,1-2H3,(H,22,24). The summed E-state index contributed by atoms with van der Waals surface area (Å²) in [6, 6.07) is 11.7. The average molecular weight is 337 g/mol. The van der Waals surface area contributed by atoms with Crippen molar-refractivity contribution in [1.29, 1.82) is 0 Å². The van der Waals surface area contributed by atoms with Crippen molar-refractivity contribution < 1.29 is 9.59 Å². The van der Waals surface area contributed by atoms with Crippen LogP contribution in [0.2, 0.25) is 0 Å². The smallest absolute Gasteiger partial charge is 0.230 e. The minimum Gasteiger partial charge on any atom is -0.352 e. The summed E-state index contributed by atoms with van der Waals surface area (Å²) in [5, 5.41) is 2.90. The van der Waals surface area contributed by atoms with E-state index in [2.05, 4.69) is 10.3 Å². The van der Waals surface area contributed by atoms with E-state index >= 15 is 0 Å². The first-order valence-electron chi connectivity index (χ1n) is 8.64. The molecule has 25 heavy (non-hydrogen) atoms. The van der Waals surface area contributed by atoms with Gasteiger partial charge in [0.15, 0.2) is 0 Å². The number of hydrogen-bond donors (Lipinski definition) is 1. The molecule has 1 heterocycles. The third kappa shape index (κ3) is 4.05. The zero-order valence-electron chi connectivity index (χ0n) is 14.6. The van der Waals surface area contributed by atoms with E-state index < -0.39 is 0 Å². The quantitative estimate of drug-likeness (QED) is 0.881. The van der Waals surface area contributed by atoms with Gasteiger partial charge < -0.3 is 10.2 Å². The van der Waals surface area contributed by atoms with E-state index in [-0.39, 0.29) is 23.7 Å². The van der Waals surface area contributed by atoms with E-state index in [0.29, 0.717) is 19.5 Å². The number of nitrogens with zero attached hydrogens (tertiary/aromatic N) is 2. The van der Waals surface area contributed by atoms with Crippen molar-refractivity contribution in [3.63, 3.8) is 0 Å². The molecule has 0 spiro atoms. The predicted octanol–water partition coefficient (Wildman–Crippen LogP) is 2.70. The Morgan fingerprint density at radius 2 is 2.08 bits per heavy atom. The fourth-order valence-corrected chi connectivity index (χ4v) is 3.04. The molecule has 0 radical (unpaired) electrons. The summed E-state index contributed by atoms with van der Waals surface area (Å²) in [6.07, 6.45) is 4.05. The minimum absolute atomic E-state index is 0.0367. The van der Waals surface area contributed by atoms with Gasteiger partial charge in [-0.3, -0.25) is 14.6 Å². The predicted molar refractivity (Wildman–Crippen MR) is 96.9 cm³/mol. The van der Waals surface area contributed by atoms with Gasteiger partial charge in [-0.15, -0.1) is 0 Å². The van der Waals surface area contributed by atoms with Crippen LogP contribution in [-0.4, -0.2) is 23.3 Å². The highest BCUT2D eigenvalue weighted by atomic mass is 16.2. The lowest BCUT2D eigenvalue weighted by atomic mass is 10.2. The summed E-state index contributed by atoms with van der Waals surface area (Å²) in [4.78, 5) is 30.9. The Balaban J connectivity index is 1.58. The van der Waals surface area contributed by atoms with Crippen LogP contribution < -0.4 is 10.2 Å². The van der Waals surface area contributed by atoms with Crippen LogP contribution in [0.4, 0.5) is 5.69 Å². The van der Waals surface area contributed by atoms with Crippen molar-refractivity contribution in [2.45, 2.75) is 26.8 Å². The second-order valence-electron chi connectivity index (χ2n) is 6.45. The number of hydrogen-bond acceptors (Lipinski definition) is 3. The first-order valence-corrected chi connectivity index (χ1v) is 8.64. The van der Waals surface area contributed by atoms with Gasteiger partial charge in [0.25, 0.3) is 0 Å². The third-order valence-corrected chi connectivity index (χ3v) is 4.53. The summed E-state index contributed by atoms with van der Waals surface area (Å²) in [5.41, 5.74) is 2.97. The first-order chi connectivity index (χ1) is 12.1. The van der Waals surface area contributed by atoms with E-state index in [1.54, 1.807) is 17.3 Å². The molecule has 2 aromatic rings. The molecule has 1 aromatic heterocycles. The summed E-state index contributed by atoms with van der Waals surface area (Å²) >= 11 is 0. The van der Waals surface area contributed by atoms with Gasteiger partial charge in [0.1, 0.15) is 0 Å². The fourth-order valence-electron chi connectivity index (χ4n) is 3.04. The largest absolute Gasteiger partial charge is 0.352 e. The second-order valence-corrected chi connectivity index (χ2v) is 6.45. The van der Waals surface area contributed by atoms with Gasteiger partial charge in [-0.25, -0.2) is 0 Å². The van der Waals surface area contributed by atoms with Crippen LogP contribution in [0.15, 0.2) is 48.8 Å². The van der Waals surface area contributed by atoms with Crippen LogP contribution in [0.3, 0.4) is 0 Å². The van der Waals surface area contributed by atoms with E-state index in [4.69, 9.17) is 0 Å². The molecule has 1 aliphatic carbocycles. The molecule has 5 nitrogen and oxygen atoms in total. The highest BCUT2D eigenvalue weighted by molar-refractivity contribution is 6.01. The summed E-state index contributed by atoms with van der Waals surface area (Å²) in [6.45, 7) is 5.01. The molecule has 1 aliphatic rings. The van der Waals surface area contributed by atoms with Crippen LogP contribution in [0, 0.1) is 18.8 Å². The maximum Gasteiger partial charge on any atom is 0.230 e. The molecule has 2 atom stereocenters. The lowest BCUT2D eigenvalue weighted by molar-refractivity contribution is -0.126. The molecule has 130 valence electrons. The molecule has 1 N–H and O–H groups in total. The topological polar surface area (TPSA) is 62.3 Å². The number of rotatable bonds is 6. The number of benzene rings is 1. The fraction of sp³-hybridized carbons (Fsp3) is 0.350. The van der Waals surface area contributed by atoms with Gasteiger partial charge >= 0.3 is 0 Å². The van der Waals surface area contributed by atoms with Crippen LogP contribution in [0.1, 0.15) is 24.5 Å². The number of pyridine rings is 1. The SMILES string of the molecule is CCN(C(=O)C1CC1C(=O)NCc1cccnc1)c1cccc(C)c1.